The normalized spacial score (nSPS) is 12.2. The molecule has 0 radical (unpaired) electrons. The van der Waals surface area contributed by atoms with E-state index in [9.17, 15) is 22.4 Å². The van der Waals surface area contributed by atoms with E-state index in [1.165, 1.54) is 65.6 Å². The van der Waals surface area contributed by atoms with Crippen molar-refractivity contribution in [3.8, 4) is 0 Å². The van der Waals surface area contributed by atoms with Gasteiger partial charge < -0.3 is 10.2 Å². The Morgan fingerprint density at radius 3 is 2.13 bits per heavy atom. The maximum Gasteiger partial charge on any atom is 0.264 e. The molecule has 0 aliphatic rings. The molecular weight excluding hydrogens is 552 g/mol. The van der Waals surface area contributed by atoms with Crippen molar-refractivity contribution in [1.29, 1.82) is 0 Å². The topological polar surface area (TPSA) is 86.8 Å². The Morgan fingerprint density at radius 2 is 1.55 bits per heavy atom. The Morgan fingerprint density at radius 1 is 0.921 bits per heavy atom. The van der Waals surface area contributed by atoms with Crippen LogP contribution in [0.15, 0.2) is 77.7 Å². The van der Waals surface area contributed by atoms with Gasteiger partial charge in [-0.2, -0.15) is 0 Å². The van der Waals surface area contributed by atoms with E-state index in [0.29, 0.717) is 10.6 Å². The highest BCUT2D eigenvalue weighted by molar-refractivity contribution is 7.92. The molecule has 3 aromatic carbocycles. The van der Waals surface area contributed by atoms with E-state index in [1.54, 1.807) is 32.9 Å². The molecular formula is C27H28Cl2FN3O4S. The molecule has 38 heavy (non-hydrogen) atoms. The zero-order valence-electron chi connectivity index (χ0n) is 21.1. The first-order chi connectivity index (χ1) is 17.9. The van der Waals surface area contributed by atoms with Gasteiger partial charge in [0.25, 0.3) is 10.0 Å². The second kappa shape index (κ2) is 12.6. The van der Waals surface area contributed by atoms with Crippen LogP contribution in [0.25, 0.3) is 0 Å². The van der Waals surface area contributed by atoms with Crippen LogP contribution in [-0.4, -0.2) is 43.8 Å². The first kappa shape index (κ1) is 29.4. The monoisotopic (exact) mass is 579 g/mol. The number of hydrogen-bond acceptors (Lipinski definition) is 4. The van der Waals surface area contributed by atoms with Crippen LogP contribution < -0.4 is 9.62 Å². The summed E-state index contributed by atoms with van der Waals surface area (Å²) in [6, 6.07) is 16.0. The molecule has 1 atom stereocenters. The number of nitrogens with zero attached hydrogens (tertiary/aromatic N) is 2. The van der Waals surface area contributed by atoms with Gasteiger partial charge in [0.2, 0.25) is 11.8 Å². The summed E-state index contributed by atoms with van der Waals surface area (Å²) in [4.78, 5) is 27.8. The number of sulfonamides is 1. The molecule has 0 saturated carbocycles. The fraction of sp³-hybridized carbons (Fsp3) is 0.259. The molecule has 0 aromatic heterocycles. The third-order valence-electron chi connectivity index (χ3n) is 5.64. The van der Waals surface area contributed by atoms with Crippen LogP contribution in [0.2, 0.25) is 10.0 Å². The summed E-state index contributed by atoms with van der Waals surface area (Å²) in [6.45, 7) is 4.46. The van der Waals surface area contributed by atoms with Crippen LogP contribution in [-0.2, 0) is 26.2 Å². The quantitative estimate of drug-likeness (QED) is 0.354. The molecule has 7 nitrogen and oxygen atoms in total. The van der Waals surface area contributed by atoms with E-state index in [2.05, 4.69) is 5.32 Å². The first-order valence-corrected chi connectivity index (χ1v) is 14.0. The van der Waals surface area contributed by atoms with Crippen molar-refractivity contribution in [1.82, 2.24) is 10.2 Å². The van der Waals surface area contributed by atoms with E-state index in [0.717, 1.165) is 4.31 Å². The summed E-state index contributed by atoms with van der Waals surface area (Å²) in [5.41, 5.74) is 0.737. The van der Waals surface area contributed by atoms with Crippen LogP contribution >= 0.6 is 23.2 Å². The molecule has 0 spiro atoms. The number of halogens is 3. The summed E-state index contributed by atoms with van der Waals surface area (Å²) in [5, 5.41) is 3.40. The highest BCUT2D eigenvalue weighted by atomic mass is 35.5. The van der Waals surface area contributed by atoms with Crippen LogP contribution in [0.1, 0.15) is 26.3 Å². The van der Waals surface area contributed by atoms with Crippen LogP contribution in [0, 0.1) is 5.82 Å². The zero-order valence-corrected chi connectivity index (χ0v) is 23.4. The van der Waals surface area contributed by atoms with Gasteiger partial charge in [0.15, 0.2) is 0 Å². The fourth-order valence-corrected chi connectivity index (χ4v) is 5.38. The smallest absolute Gasteiger partial charge is 0.264 e. The van der Waals surface area contributed by atoms with Gasteiger partial charge in [-0.15, -0.1) is 0 Å². The molecule has 1 N–H and O–H groups in total. The fourth-order valence-electron chi connectivity index (χ4n) is 3.67. The lowest BCUT2D eigenvalue weighted by atomic mass is 10.1. The zero-order chi connectivity index (χ0) is 28.0. The van der Waals surface area contributed by atoms with Gasteiger partial charge in [0.1, 0.15) is 18.4 Å². The van der Waals surface area contributed by atoms with Gasteiger partial charge in [-0.3, -0.25) is 13.9 Å². The maximum atomic E-state index is 13.8. The average molecular weight is 581 g/mol. The van der Waals surface area contributed by atoms with Crippen LogP contribution in [0.5, 0.6) is 0 Å². The predicted molar refractivity (Wildman–Crippen MR) is 147 cm³/mol. The molecule has 3 rings (SSSR count). The summed E-state index contributed by atoms with van der Waals surface area (Å²) in [7, 11) is -4.24. The van der Waals surface area contributed by atoms with Crippen LogP contribution in [0.3, 0.4) is 0 Å². The van der Waals surface area contributed by atoms with Gasteiger partial charge in [-0.05, 0) is 80.9 Å². The standard InChI is InChI=1S/C27H28Cl2FN3O4S/c1-18(2)31-27(35)19(3)32(16-20-7-11-23(30)12-8-20)26(34)17-33(24-6-4-5-22(29)15-24)38(36,37)25-13-9-21(28)10-14-25/h4-15,18-19H,16-17H2,1-3H3,(H,31,35). The van der Waals surface area contributed by atoms with Crippen molar-refractivity contribution < 1.29 is 22.4 Å². The number of rotatable bonds is 10. The van der Waals surface area contributed by atoms with Crippen molar-refractivity contribution in [2.24, 2.45) is 0 Å². The van der Waals surface area contributed by atoms with Crippen LogP contribution in [0.4, 0.5) is 10.1 Å². The van der Waals surface area contributed by atoms with E-state index in [4.69, 9.17) is 23.2 Å². The molecule has 0 saturated heterocycles. The number of carbonyl (C=O) groups excluding carboxylic acids is 2. The number of amides is 2. The van der Waals surface area contributed by atoms with Crippen molar-refractivity contribution >= 4 is 50.7 Å². The molecule has 0 fully saturated rings. The summed E-state index contributed by atoms with van der Waals surface area (Å²) in [5.74, 6) is -1.50. The average Bonchev–Trinajstić information content (AvgIpc) is 2.86. The van der Waals surface area contributed by atoms with E-state index in [-0.39, 0.29) is 28.2 Å². The summed E-state index contributed by atoms with van der Waals surface area (Å²) >= 11 is 12.1. The van der Waals surface area contributed by atoms with Gasteiger partial charge in [-0.25, -0.2) is 12.8 Å². The SMILES string of the molecule is CC(C)NC(=O)C(C)N(Cc1ccc(F)cc1)C(=O)CN(c1cccc(Cl)c1)S(=O)(=O)c1ccc(Cl)cc1. The van der Waals surface area contributed by atoms with Crippen molar-refractivity contribution in [2.45, 2.75) is 44.3 Å². The molecule has 0 aliphatic carbocycles. The van der Waals surface area contributed by atoms with Gasteiger partial charge in [0.05, 0.1) is 10.6 Å². The van der Waals surface area contributed by atoms with Crippen molar-refractivity contribution in [3.63, 3.8) is 0 Å². The Labute approximate surface area is 232 Å². The Hall–Kier alpha value is -3.14. The van der Waals surface area contributed by atoms with Gasteiger partial charge in [-0.1, -0.05) is 41.4 Å². The minimum absolute atomic E-state index is 0.0455. The first-order valence-electron chi connectivity index (χ1n) is 11.8. The number of anilines is 1. The molecule has 11 heteroatoms. The van der Waals surface area contributed by atoms with E-state index in [1.807, 2.05) is 0 Å². The van der Waals surface area contributed by atoms with Crippen molar-refractivity contribution in [2.75, 3.05) is 10.8 Å². The molecule has 3 aromatic rings. The predicted octanol–water partition coefficient (Wildman–Crippen LogP) is 5.27. The second-order valence-corrected chi connectivity index (χ2v) is 11.7. The lowest BCUT2D eigenvalue weighted by Gasteiger charge is -2.32. The Balaban J connectivity index is 2.03. The highest BCUT2D eigenvalue weighted by Gasteiger charge is 2.32. The highest BCUT2D eigenvalue weighted by Crippen LogP contribution is 2.27. The number of nitrogens with one attached hydrogen (secondary N) is 1. The minimum Gasteiger partial charge on any atom is -0.352 e. The largest absolute Gasteiger partial charge is 0.352 e. The molecule has 0 aliphatic heterocycles. The van der Waals surface area contributed by atoms with Gasteiger partial charge >= 0.3 is 0 Å². The molecule has 0 heterocycles. The summed E-state index contributed by atoms with van der Waals surface area (Å²) < 4.78 is 41.8. The third kappa shape index (κ3) is 7.46. The Kier molecular flexibility index (Phi) is 9.76. The third-order valence-corrected chi connectivity index (χ3v) is 7.92. The second-order valence-electron chi connectivity index (χ2n) is 8.93. The van der Waals surface area contributed by atoms with Gasteiger partial charge in [0, 0.05) is 22.6 Å². The Bertz CT molecular complexity index is 1380. The van der Waals surface area contributed by atoms with Crippen molar-refractivity contribution in [3.05, 3.63) is 94.2 Å². The molecule has 2 amide bonds. The lowest BCUT2D eigenvalue weighted by molar-refractivity contribution is -0.139. The summed E-state index contributed by atoms with van der Waals surface area (Å²) in [6.07, 6.45) is 0. The molecule has 1 unspecified atom stereocenters. The number of hydrogen-bond donors (Lipinski definition) is 1. The number of carbonyl (C=O) groups is 2. The molecule has 0 bridgehead atoms. The lowest BCUT2D eigenvalue weighted by Crippen LogP contribution is -2.52. The molecule has 202 valence electrons. The minimum atomic E-state index is -4.24. The van der Waals surface area contributed by atoms with E-state index < -0.39 is 40.2 Å². The number of benzene rings is 3. The van der Waals surface area contributed by atoms with E-state index >= 15 is 0 Å². The maximum absolute atomic E-state index is 13.8.